The Morgan fingerprint density at radius 2 is 1.97 bits per heavy atom. The van der Waals surface area contributed by atoms with Crippen LogP contribution in [0, 0.1) is 25.2 Å². The number of carbonyl (C=O) groups excluding carboxylic acids is 1. The third-order valence-electron chi connectivity index (χ3n) is 4.78. The van der Waals surface area contributed by atoms with Gasteiger partial charge in [-0.3, -0.25) is 0 Å². The van der Waals surface area contributed by atoms with Crippen molar-refractivity contribution in [1.82, 2.24) is 0 Å². The molecule has 0 spiro atoms. The fourth-order valence-corrected chi connectivity index (χ4v) is 3.02. The van der Waals surface area contributed by atoms with Gasteiger partial charge >= 0.3 is 11.6 Å². The Bertz CT molecular complexity index is 1250. The maximum Gasteiger partial charge on any atom is 0.336 e. The maximum atomic E-state index is 12.2. The third kappa shape index (κ3) is 5.11. The Kier molecular flexibility index (Phi) is 6.73. The monoisotopic (exact) mass is 419 g/mol. The molecule has 0 bridgehead atoms. The van der Waals surface area contributed by atoms with Gasteiger partial charge in [0.2, 0.25) is 0 Å². The van der Waals surface area contributed by atoms with Crippen LogP contribution in [0.25, 0.3) is 17.0 Å². The van der Waals surface area contributed by atoms with Gasteiger partial charge < -0.3 is 18.6 Å². The van der Waals surface area contributed by atoms with E-state index in [0.29, 0.717) is 28.2 Å². The smallest absolute Gasteiger partial charge is 0.336 e. The maximum absolute atomic E-state index is 12.2. The van der Waals surface area contributed by atoms with Crippen molar-refractivity contribution in [2.45, 2.75) is 20.5 Å². The van der Waals surface area contributed by atoms with E-state index in [1.807, 2.05) is 32.0 Å². The predicted octanol–water partition coefficient (Wildman–Crippen LogP) is 4.08. The minimum Gasteiger partial charge on any atom is -0.493 e. The van der Waals surface area contributed by atoms with Gasteiger partial charge in [0.1, 0.15) is 18.3 Å². The van der Waals surface area contributed by atoms with E-state index >= 15 is 0 Å². The highest BCUT2D eigenvalue weighted by Gasteiger charge is 2.11. The molecule has 0 saturated carbocycles. The molecule has 0 unspecified atom stereocenters. The second-order valence-electron chi connectivity index (χ2n) is 6.77. The molecule has 0 fully saturated rings. The summed E-state index contributed by atoms with van der Waals surface area (Å²) in [6.07, 6.45) is 2.86. The minimum absolute atomic E-state index is 0.0575. The lowest BCUT2D eigenvalue weighted by Gasteiger charge is -2.09. The number of hydrogen-bond acceptors (Lipinski definition) is 7. The van der Waals surface area contributed by atoms with Gasteiger partial charge in [0.05, 0.1) is 7.11 Å². The summed E-state index contributed by atoms with van der Waals surface area (Å²) >= 11 is 0. The van der Waals surface area contributed by atoms with Crippen molar-refractivity contribution < 1.29 is 23.4 Å². The van der Waals surface area contributed by atoms with E-state index in [2.05, 4.69) is 0 Å². The molecule has 0 aliphatic carbocycles. The van der Waals surface area contributed by atoms with Gasteiger partial charge in [-0.05, 0) is 48.7 Å². The zero-order valence-corrected chi connectivity index (χ0v) is 17.4. The van der Waals surface area contributed by atoms with Crippen LogP contribution in [0.1, 0.15) is 22.3 Å². The van der Waals surface area contributed by atoms with Gasteiger partial charge in [-0.15, -0.1) is 0 Å². The van der Waals surface area contributed by atoms with Crippen molar-refractivity contribution in [3.8, 4) is 17.6 Å². The Morgan fingerprint density at radius 1 is 1.16 bits per heavy atom. The number of carbonyl (C=O) groups is 1. The van der Waals surface area contributed by atoms with Crippen LogP contribution in [-0.2, 0) is 16.1 Å². The summed E-state index contributed by atoms with van der Waals surface area (Å²) in [6.45, 7) is 3.66. The molecular weight excluding hydrogens is 398 g/mol. The standard InChI is InChI=1S/C24H21NO6/c1-15-4-7-19-18(13-23(27)31-24(19)16(15)2)14-30-22(26)9-6-17-5-8-20(29-11-10-25)21(12-17)28-3/h4-9,12-13H,11,14H2,1-3H3/b9-6+. The molecule has 0 saturated heterocycles. The zero-order valence-electron chi connectivity index (χ0n) is 17.4. The summed E-state index contributed by atoms with van der Waals surface area (Å²) in [4.78, 5) is 24.1. The molecule has 1 aromatic heterocycles. The van der Waals surface area contributed by atoms with E-state index in [1.54, 1.807) is 24.3 Å². The average molecular weight is 419 g/mol. The average Bonchev–Trinajstić information content (AvgIpc) is 2.77. The number of ether oxygens (including phenoxy) is 3. The quantitative estimate of drug-likeness (QED) is 0.323. The highest BCUT2D eigenvalue weighted by atomic mass is 16.5. The van der Waals surface area contributed by atoms with Crippen LogP contribution >= 0.6 is 0 Å². The van der Waals surface area contributed by atoms with Crippen LogP contribution in [0.3, 0.4) is 0 Å². The van der Waals surface area contributed by atoms with Gasteiger partial charge in [-0.25, -0.2) is 9.59 Å². The molecule has 3 aromatic rings. The number of rotatable bonds is 7. The van der Waals surface area contributed by atoms with Gasteiger partial charge in [-0.2, -0.15) is 5.26 Å². The van der Waals surface area contributed by atoms with Crippen LogP contribution < -0.4 is 15.1 Å². The summed E-state index contributed by atoms with van der Waals surface area (Å²) in [7, 11) is 1.49. The van der Waals surface area contributed by atoms with Crippen molar-refractivity contribution in [1.29, 1.82) is 5.26 Å². The number of benzene rings is 2. The molecule has 0 atom stereocenters. The Morgan fingerprint density at radius 3 is 2.71 bits per heavy atom. The fraction of sp³-hybridized carbons (Fsp3) is 0.208. The summed E-state index contributed by atoms with van der Waals surface area (Å²) in [5.74, 6) is 0.317. The van der Waals surface area contributed by atoms with Crippen LogP contribution in [0.2, 0.25) is 0 Å². The van der Waals surface area contributed by atoms with Crippen LogP contribution in [-0.4, -0.2) is 19.7 Å². The lowest BCUT2D eigenvalue weighted by atomic mass is 10.0. The Hall–Kier alpha value is -4.05. The first-order chi connectivity index (χ1) is 14.9. The molecule has 31 heavy (non-hydrogen) atoms. The second kappa shape index (κ2) is 9.63. The number of aryl methyl sites for hydroxylation is 2. The van der Waals surface area contributed by atoms with Crippen molar-refractivity contribution in [3.63, 3.8) is 0 Å². The van der Waals surface area contributed by atoms with Crippen LogP contribution in [0.15, 0.2) is 51.7 Å². The topological polar surface area (TPSA) is 98.8 Å². The molecule has 0 radical (unpaired) electrons. The van der Waals surface area contributed by atoms with Crippen molar-refractivity contribution in [2.24, 2.45) is 0 Å². The molecule has 7 heteroatoms. The second-order valence-corrected chi connectivity index (χ2v) is 6.77. The summed E-state index contributed by atoms with van der Waals surface area (Å²) in [5, 5.41) is 9.36. The molecule has 0 amide bonds. The van der Waals surface area contributed by atoms with E-state index in [-0.39, 0.29) is 13.2 Å². The fourth-order valence-electron chi connectivity index (χ4n) is 3.02. The first-order valence-electron chi connectivity index (χ1n) is 9.48. The van der Waals surface area contributed by atoms with E-state index in [1.165, 1.54) is 19.3 Å². The van der Waals surface area contributed by atoms with Crippen molar-refractivity contribution >= 4 is 23.0 Å². The Labute approximate surface area is 179 Å². The predicted molar refractivity (Wildman–Crippen MR) is 115 cm³/mol. The summed E-state index contributed by atoms with van der Waals surface area (Å²) in [6, 6.07) is 12.1. The number of methoxy groups -OCH3 is 1. The first kappa shape index (κ1) is 21.7. The summed E-state index contributed by atoms with van der Waals surface area (Å²) < 4.78 is 21.2. The number of nitriles is 1. The number of fused-ring (bicyclic) bond motifs is 1. The van der Waals surface area contributed by atoms with Crippen molar-refractivity contribution in [2.75, 3.05) is 13.7 Å². The number of nitrogens with zero attached hydrogens (tertiary/aromatic N) is 1. The van der Waals surface area contributed by atoms with Crippen LogP contribution in [0.5, 0.6) is 11.5 Å². The molecule has 158 valence electrons. The number of hydrogen-bond donors (Lipinski definition) is 0. The van der Waals surface area contributed by atoms with E-state index < -0.39 is 11.6 Å². The largest absolute Gasteiger partial charge is 0.493 e. The highest BCUT2D eigenvalue weighted by Crippen LogP contribution is 2.28. The molecule has 1 heterocycles. The Balaban J connectivity index is 1.72. The van der Waals surface area contributed by atoms with Gasteiger partial charge in [0.25, 0.3) is 0 Å². The van der Waals surface area contributed by atoms with Crippen molar-refractivity contribution in [3.05, 3.63) is 75.1 Å². The zero-order chi connectivity index (χ0) is 22.4. The van der Waals surface area contributed by atoms with Gasteiger partial charge in [0.15, 0.2) is 18.1 Å². The molecule has 2 aromatic carbocycles. The van der Waals surface area contributed by atoms with E-state index in [9.17, 15) is 9.59 Å². The molecule has 0 N–H and O–H groups in total. The third-order valence-corrected chi connectivity index (χ3v) is 4.78. The molecule has 0 aliphatic heterocycles. The number of esters is 1. The lowest BCUT2D eigenvalue weighted by molar-refractivity contribution is -0.138. The van der Waals surface area contributed by atoms with E-state index in [0.717, 1.165) is 16.5 Å². The minimum atomic E-state index is -0.561. The first-order valence-corrected chi connectivity index (χ1v) is 9.48. The van der Waals surface area contributed by atoms with Gasteiger partial charge in [-0.1, -0.05) is 18.2 Å². The highest BCUT2D eigenvalue weighted by molar-refractivity contribution is 5.88. The summed E-state index contributed by atoms with van der Waals surface area (Å²) in [5.41, 5.74) is 3.16. The SMILES string of the molecule is COc1cc(/C=C/C(=O)OCc2cc(=O)oc3c(C)c(C)ccc23)ccc1OCC#N. The lowest BCUT2D eigenvalue weighted by Crippen LogP contribution is -2.06. The van der Waals surface area contributed by atoms with E-state index in [4.69, 9.17) is 23.9 Å². The molecule has 7 nitrogen and oxygen atoms in total. The van der Waals surface area contributed by atoms with Gasteiger partial charge in [0, 0.05) is 23.1 Å². The molecule has 0 aliphatic rings. The molecular formula is C24H21NO6. The van der Waals surface area contributed by atoms with Crippen LogP contribution in [0.4, 0.5) is 0 Å². The normalized spacial score (nSPS) is 10.8. The molecule has 3 rings (SSSR count).